The molecule has 0 aliphatic heterocycles. The van der Waals surface area contributed by atoms with E-state index in [-0.39, 0.29) is 0 Å². The third-order valence-corrected chi connectivity index (χ3v) is 2.67. The Bertz CT molecular complexity index is 342. The molecule has 0 aromatic heterocycles. The lowest BCUT2D eigenvalue weighted by atomic mass is 10.2. The predicted octanol–water partition coefficient (Wildman–Crippen LogP) is 2.96. The Kier molecular flexibility index (Phi) is 6.55. The molecule has 2 N–H and O–H groups in total. The Morgan fingerprint density at radius 3 is 2.71 bits per heavy atom. The molecule has 3 nitrogen and oxygen atoms in total. The minimum Gasteiger partial charge on any atom is -0.491 e. The Morgan fingerprint density at radius 2 is 2.06 bits per heavy atom. The summed E-state index contributed by atoms with van der Waals surface area (Å²) in [5, 5.41) is 0. The van der Waals surface area contributed by atoms with Crippen molar-refractivity contribution >= 4 is 15.9 Å². The van der Waals surface area contributed by atoms with E-state index in [2.05, 4.69) is 29.8 Å². The summed E-state index contributed by atoms with van der Waals surface area (Å²) in [4.78, 5) is 0. The number of ether oxygens (including phenoxy) is 2. The predicted molar refractivity (Wildman–Crippen MR) is 73.2 cm³/mol. The van der Waals surface area contributed by atoms with Crippen LogP contribution in [-0.4, -0.2) is 19.8 Å². The smallest absolute Gasteiger partial charge is 0.123 e. The molecule has 0 spiro atoms. The molecule has 4 heteroatoms. The van der Waals surface area contributed by atoms with Gasteiger partial charge in [0.25, 0.3) is 0 Å². The number of hydrogen-bond donors (Lipinski definition) is 1. The van der Waals surface area contributed by atoms with E-state index in [4.69, 9.17) is 15.2 Å². The summed E-state index contributed by atoms with van der Waals surface area (Å²) in [6, 6.07) is 5.85. The number of nitrogens with two attached hydrogens (primary N) is 1. The molecule has 0 atom stereocenters. The van der Waals surface area contributed by atoms with Gasteiger partial charge in [-0.3, -0.25) is 0 Å². The summed E-state index contributed by atoms with van der Waals surface area (Å²) in [6.45, 7) is 6.67. The highest BCUT2D eigenvalue weighted by Gasteiger charge is 2.03. The van der Waals surface area contributed by atoms with E-state index in [1.165, 1.54) is 0 Å². The van der Waals surface area contributed by atoms with Crippen molar-refractivity contribution in [3.8, 4) is 5.75 Å². The van der Waals surface area contributed by atoms with Gasteiger partial charge in [-0.25, -0.2) is 0 Å². The third-order valence-electron chi connectivity index (χ3n) is 2.18. The SMILES string of the molecule is CC(C)COCCOc1ccc(Br)cc1CN. The van der Waals surface area contributed by atoms with Crippen LogP contribution in [0.1, 0.15) is 19.4 Å². The number of benzene rings is 1. The van der Waals surface area contributed by atoms with Crippen LogP contribution >= 0.6 is 15.9 Å². The molecule has 0 fully saturated rings. The Hall–Kier alpha value is -0.580. The van der Waals surface area contributed by atoms with E-state index in [0.717, 1.165) is 22.4 Å². The highest BCUT2D eigenvalue weighted by Crippen LogP contribution is 2.22. The molecule has 1 aromatic carbocycles. The quantitative estimate of drug-likeness (QED) is 0.788. The highest BCUT2D eigenvalue weighted by molar-refractivity contribution is 9.10. The van der Waals surface area contributed by atoms with Crippen LogP contribution in [0.25, 0.3) is 0 Å². The van der Waals surface area contributed by atoms with Gasteiger partial charge in [0.1, 0.15) is 12.4 Å². The van der Waals surface area contributed by atoms with Gasteiger partial charge >= 0.3 is 0 Å². The molecule has 17 heavy (non-hydrogen) atoms. The lowest BCUT2D eigenvalue weighted by Gasteiger charge is -2.11. The molecule has 0 aliphatic carbocycles. The van der Waals surface area contributed by atoms with Crippen LogP contribution in [0.5, 0.6) is 5.75 Å². The lowest BCUT2D eigenvalue weighted by Crippen LogP contribution is -2.11. The summed E-state index contributed by atoms with van der Waals surface area (Å²) in [5.41, 5.74) is 6.66. The molecule has 0 saturated heterocycles. The number of hydrogen-bond acceptors (Lipinski definition) is 3. The fourth-order valence-electron chi connectivity index (χ4n) is 1.38. The molecule has 96 valence electrons. The first kappa shape index (κ1) is 14.5. The molecule has 0 heterocycles. The van der Waals surface area contributed by atoms with E-state index in [9.17, 15) is 0 Å². The summed E-state index contributed by atoms with van der Waals surface area (Å²) in [5.74, 6) is 1.39. The Labute approximate surface area is 111 Å². The van der Waals surface area contributed by atoms with Gasteiger partial charge in [0.15, 0.2) is 0 Å². The summed E-state index contributed by atoms with van der Waals surface area (Å²) in [6.07, 6.45) is 0. The average Bonchev–Trinajstić information content (AvgIpc) is 2.29. The van der Waals surface area contributed by atoms with Gasteiger partial charge < -0.3 is 15.2 Å². The monoisotopic (exact) mass is 301 g/mol. The zero-order valence-electron chi connectivity index (χ0n) is 10.4. The molecule has 0 amide bonds. The van der Waals surface area contributed by atoms with Crippen molar-refractivity contribution in [2.45, 2.75) is 20.4 Å². The van der Waals surface area contributed by atoms with Gasteiger partial charge in [-0.1, -0.05) is 29.8 Å². The maximum absolute atomic E-state index is 5.66. The second-order valence-corrected chi connectivity index (χ2v) is 5.19. The van der Waals surface area contributed by atoms with Crippen molar-refractivity contribution in [3.05, 3.63) is 28.2 Å². The molecular weight excluding hydrogens is 282 g/mol. The number of halogens is 1. The maximum atomic E-state index is 5.66. The van der Waals surface area contributed by atoms with Crippen molar-refractivity contribution in [2.75, 3.05) is 19.8 Å². The van der Waals surface area contributed by atoms with Crippen LogP contribution in [0, 0.1) is 5.92 Å². The van der Waals surface area contributed by atoms with Crippen LogP contribution in [0.15, 0.2) is 22.7 Å². The second-order valence-electron chi connectivity index (χ2n) is 4.27. The molecule has 1 rings (SSSR count). The highest BCUT2D eigenvalue weighted by atomic mass is 79.9. The van der Waals surface area contributed by atoms with Crippen LogP contribution in [-0.2, 0) is 11.3 Å². The first-order valence-electron chi connectivity index (χ1n) is 5.82. The fraction of sp³-hybridized carbons (Fsp3) is 0.538. The summed E-state index contributed by atoms with van der Waals surface area (Å²) >= 11 is 3.41. The normalized spacial score (nSPS) is 10.9. The largest absolute Gasteiger partial charge is 0.491 e. The zero-order valence-corrected chi connectivity index (χ0v) is 12.0. The zero-order chi connectivity index (χ0) is 12.7. The molecule has 1 aromatic rings. The summed E-state index contributed by atoms with van der Waals surface area (Å²) < 4.78 is 12.1. The van der Waals surface area contributed by atoms with E-state index in [1.54, 1.807) is 0 Å². The van der Waals surface area contributed by atoms with Gasteiger partial charge in [0.2, 0.25) is 0 Å². The van der Waals surface area contributed by atoms with Crippen LogP contribution in [0.2, 0.25) is 0 Å². The fourth-order valence-corrected chi connectivity index (χ4v) is 1.79. The van der Waals surface area contributed by atoms with Crippen molar-refractivity contribution in [3.63, 3.8) is 0 Å². The molecule has 0 aliphatic rings. The van der Waals surface area contributed by atoms with Crippen molar-refractivity contribution < 1.29 is 9.47 Å². The van der Waals surface area contributed by atoms with Gasteiger partial charge in [0, 0.05) is 23.2 Å². The van der Waals surface area contributed by atoms with E-state index in [1.807, 2.05) is 18.2 Å². The van der Waals surface area contributed by atoms with Crippen LogP contribution in [0.3, 0.4) is 0 Å². The molecule has 0 saturated carbocycles. The van der Waals surface area contributed by atoms with E-state index < -0.39 is 0 Å². The Balaban J connectivity index is 2.36. The van der Waals surface area contributed by atoms with Crippen molar-refractivity contribution in [1.29, 1.82) is 0 Å². The van der Waals surface area contributed by atoms with Gasteiger partial charge in [-0.15, -0.1) is 0 Å². The van der Waals surface area contributed by atoms with Gasteiger partial charge in [-0.05, 0) is 24.1 Å². The summed E-state index contributed by atoms with van der Waals surface area (Å²) in [7, 11) is 0. The first-order chi connectivity index (χ1) is 8.13. The van der Waals surface area contributed by atoms with E-state index >= 15 is 0 Å². The van der Waals surface area contributed by atoms with Crippen LogP contribution < -0.4 is 10.5 Å². The molecule has 0 radical (unpaired) electrons. The second kappa shape index (κ2) is 7.69. The molecular formula is C13H20BrNO2. The van der Waals surface area contributed by atoms with Crippen LogP contribution in [0.4, 0.5) is 0 Å². The third kappa shape index (κ3) is 5.52. The van der Waals surface area contributed by atoms with Crippen molar-refractivity contribution in [1.82, 2.24) is 0 Å². The lowest BCUT2D eigenvalue weighted by molar-refractivity contribution is 0.0816. The standard InChI is InChI=1S/C13H20BrNO2/c1-10(2)9-16-5-6-17-13-4-3-12(14)7-11(13)8-15/h3-4,7,10H,5-6,8-9,15H2,1-2H3. The minimum atomic E-state index is 0.474. The van der Waals surface area contributed by atoms with Crippen molar-refractivity contribution in [2.24, 2.45) is 11.7 Å². The maximum Gasteiger partial charge on any atom is 0.123 e. The van der Waals surface area contributed by atoms with Gasteiger partial charge in [-0.2, -0.15) is 0 Å². The minimum absolute atomic E-state index is 0.474. The number of rotatable bonds is 7. The topological polar surface area (TPSA) is 44.5 Å². The average molecular weight is 302 g/mol. The molecule has 0 unspecified atom stereocenters. The van der Waals surface area contributed by atoms with E-state index in [0.29, 0.717) is 25.7 Å². The Morgan fingerprint density at radius 1 is 1.29 bits per heavy atom. The first-order valence-corrected chi connectivity index (χ1v) is 6.61. The van der Waals surface area contributed by atoms with Gasteiger partial charge in [0.05, 0.1) is 6.61 Å². The molecule has 0 bridgehead atoms.